The molecule has 2 N–H and O–H groups in total. The number of hydrogen-bond donors (Lipinski definition) is 2. The van der Waals surface area contributed by atoms with E-state index >= 15 is 0 Å². The number of nitrogens with zero attached hydrogens (tertiary/aromatic N) is 2. The molecule has 0 atom stereocenters. The van der Waals surface area contributed by atoms with Crippen LogP contribution in [0.2, 0.25) is 5.02 Å². The van der Waals surface area contributed by atoms with Crippen molar-refractivity contribution in [2.45, 2.75) is 20.4 Å². The molecule has 0 aliphatic rings. The van der Waals surface area contributed by atoms with Gasteiger partial charge in [-0.2, -0.15) is 5.10 Å². The van der Waals surface area contributed by atoms with Crippen LogP contribution in [0.4, 0.5) is 0 Å². The van der Waals surface area contributed by atoms with E-state index in [0.717, 1.165) is 0 Å². The lowest BCUT2D eigenvalue weighted by Gasteiger charge is -2.04. The molecule has 1 rings (SSSR count). The molecule has 88 valence electrons. The van der Waals surface area contributed by atoms with Gasteiger partial charge >= 0.3 is 5.97 Å². The number of halogens is 1. The fourth-order valence-electron chi connectivity index (χ4n) is 1.20. The van der Waals surface area contributed by atoms with Crippen LogP contribution in [0.3, 0.4) is 0 Å². The maximum atomic E-state index is 11.3. The summed E-state index contributed by atoms with van der Waals surface area (Å²) in [4.78, 5) is 21.5. The summed E-state index contributed by atoms with van der Waals surface area (Å²) >= 11 is 5.90. The van der Waals surface area contributed by atoms with Gasteiger partial charge in [0.15, 0.2) is 0 Å². The number of carboxylic acids is 1. The second-order valence-corrected chi connectivity index (χ2v) is 3.69. The molecule has 0 aliphatic heterocycles. The highest BCUT2D eigenvalue weighted by Gasteiger charge is 2.12. The van der Waals surface area contributed by atoms with Crippen LogP contribution in [0.5, 0.6) is 0 Å². The molecule has 0 spiro atoms. The molecule has 0 fully saturated rings. The SMILES string of the molecule is Cc1nn(CC(=O)NCC(=O)O)c(C)c1Cl. The Labute approximate surface area is 97.2 Å². The molecular formula is C9H12ClN3O3. The molecule has 0 radical (unpaired) electrons. The first-order chi connectivity index (χ1) is 7.41. The van der Waals surface area contributed by atoms with Gasteiger partial charge in [-0.25, -0.2) is 0 Å². The van der Waals surface area contributed by atoms with Crippen LogP contribution in [0, 0.1) is 13.8 Å². The Bertz CT molecular complexity index is 428. The fourth-order valence-corrected chi connectivity index (χ4v) is 1.33. The summed E-state index contributed by atoms with van der Waals surface area (Å²) in [7, 11) is 0. The predicted molar refractivity (Wildman–Crippen MR) is 57.4 cm³/mol. The van der Waals surface area contributed by atoms with Gasteiger partial charge in [0.25, 0.3) is 0 Å². The number of carbonyl (C=O) groups excluding carboxylic acids is 1. The Kier molecular flexibility index (Phi) is 3.89. The van der Waals surface area contributed by atoms with E-state index in [1.54, 1.807) is 13.8 Å². The van der Waals surface area contributed by atoms with Crippen LogP contribution in [0.1, 0.15) is 11.4 Å². The monoisotopic (exact) mass is 245 g/mol. The van der Waals surface area contributed by atoms with Gasteiger partial charge in [0, 0.05) is 0 Å². The molecule has 1 heterocycles. The lowest BCUT2D eigenvalue weighted by atomic mass is 10.4. The standard InChI is InChI=1S/C9H12ClN3O3/c1-5-9(10)6(2)13(12-5)4-7(14)11-3-8(15)16/h3-4H2,1-2H3,(H,11,14)(H,15,16). The van der Waals surface area contributed by atoms with E-state index in [4.69, 9.17) is 16.7 Å². The molecule has 0 bridgehead atoms. The lowest BCUT2D eigenvalue weighted by Crippen LogP contribution is -2.32. The van der Waals surface area contributed by atoms with Crippen molar-refractivity contribution in [3.05, 3.63) is 16.4 Å². The summed E-state index contributed by atoms with van der Waals surface area (Å²) in [6.07, 6.45) is 0. The number of aliphatic carboxylic acids is 1. The third-order valence-corrected chi connectivity index (χ3v) is 2.57. The summed E-state index contributed by atoms with van der Waals surface area (Å²) in [5.41, 5.74) is 1.33. The topological polar surface area (TPSA) is 84.2 Å². The number of aromatic nitrogens is 2. The van der Waals surface area contributed by atoms with Gasteiger partial charge in [0.1, 0.15) is 13.1 Å². The van der Waals surface area contributed by atoms with Crippen LogP contribution >= 0.6 is 11.6 Å². The highest BCUT2D eigenvalue weighted by atomic mass is 35.5. The average molecular weight is 246 g/mol. The molecule has 6 nitrogen and oxygen atoms in total. The normalized spacial score (nSPS) is 10.2. The molecule has 0 saturated heterocycles. The van der Waals surface area contributed by atoms with Crippen molar-refractivity contribution in [3.63, 3.8) is 0 Å². The zero-order chi connectivity index (χ0) is 12.3. The Hall–Kier alpha value is -1.56. The molecule has 0 saturated carbocycles. The van der Waals surface area contributed by atoms with Gasteiger partial charge in [0.05, 0.1) is 16.4 Å². The number of hydrogen-bond acceptors (Lipinski definition) is 3. The lowest BCUT2D eigenvalue weighted by molar-refractivity contribution is -0.138. The first kappa shape index (κ1) is 12.5. The van der Waals surface area contributed by atoms with E-state index in [2.05, 4.69) is 10.4 Å². The van der Waals surface area contributed by atoms with Gasteiger partial charge in [-0.1, -0.05) is 11.6 Å². The molecule has 0 aliphatic carbocycles. The Morgan fingerprint density at radius 3 is 2.56 bits per heavy atom. The van der Waals surface area contributed by atoms with E-state index < -0.39 is 18.4 Å². The minimum atomic E-state index is -1.08. The van der Waals surface area contributed by atoms with Gasteiger partial charge in [0.2, 0.25) is 5.91 Å². The van der Waals surface area contributed by atoms with Crippen LogP contribution in [-0.2, 0) is 16.1 Å². The second-order valence-electron chi connectivity index (χ2n) is 3.31. The third kappa shape index (κ3) is 2.96. The highest BCUT2D eigenvalue weighted by molar-refractivity contribution is 6.31. The van der Waals surface area contributed by atoms with Gasteiger partial charge < -0.3 is 10.4 Å². The largest absolute Gasteiger partial charge is 0.480 e. The number of aryl methyl sites for hydroxylation is 1. The molecule has 0 unspecified atom stereocenters. The number of amides is 1. The zero-order valence-electron chi connectivity index (χ0n) is 8.95. The Morgan fingerprint density at radius 2 is 2.12 bits per heavy atom. The molecule has 7 heteroatoms. The van der Waals surface area contributed by atoms with E-state index in [9.17, 15) is 9.59 Å². The van der Waals surface area contributed by atoms with Crippen LogP contribution < -0.4 is 5.32 Å². The summed E-state index contributed by atoms with van der Waals surface area (Å²) < 4.78 is 1.44. The van der Waals surface area contributed by atoms with E-state index in [-0.39, 0.29) is 6.54 Å². The minimum absolute atomic E-state index is 0.0350. The third-order valence-electron chi connectivity index (χ3n) is 2.02. The summed E-state index contributed by atoms with van der Waals surface area (Å²) in [6.45, 7) is 3.05. The summed E-state index contributed by atoms with van der Waals surface area (Å²) in [5.74, 6) is -1.50. The molecular weight excluding hydrogens is 234 g/mol. The molecule has 16 heavy (non-hydrogen) atoms. The quantitative estimate of drug-likeness (QED) is 0.802. The van der Waals surface area contributed by atoms with Gasteiger partial charge in [-0.3, -0.25) is 14.3 Å². The predicted octanol–water partition coefficient (Wildman–Crippen LogP) is 0.354. The first-order valence-electron chi connectivity index (χ1n) is 4.59. The van der Waals surface area contributed by atoms with E-state index in [1.807, 2.05) is 0 Å². The maximum Gasteiger partial charge on any atom is 0.322 e. The second kappa shape index (κ2) is 4.98. The number of carbonyl (C=O) groups is 2. The summed E-state index contributed by atoms with van der Waals surface area (Å²) in [6, 6.07) is 0. The average Bonchev–Trinajstić information content (AvgIpc) is 2.43. The summed E-state index contributed by atoms with van der Waals surface area (Å²) in [5, 5.41) is 15.2. The molecule has 1 aromatic rings. The first-order valence-corrected chi connectivity index (χ1v) is 4.97. The zero-order valence-corrected chi connectivity index (χ0v) is 9.71. The Morgan fingerprint density at radius 1 is 1.50 bits per heavy atom. The molecule has 1 amide bonds. The minimum Gasteiger partial charge on any atom is -0.480 e. The van der Waals surface area contributed by atoms with Crippen molar-refractivity contribution in [1.29, 1.82) is 0 Å². The van der Waals surface area contributed by atoms with E-state index in [0.29, 0.717) is 16.4 Å². The Balaban J connectivity index is 2.63. The van der Waals surface area contributed by atoms with Crippen molar-refractivity contribution in [3.8, 4) is 0 Å². The molecule has 0 aromatic carbocycles. The fraction of sp³-hybridized carbons (Fsp3) is 0.444. The van der Waals surface area contributed by atoms with Crippen molar-refractivity contribution in [2.75, 3.05) is 6.54 Å². The van der Waals surface area contributed by atoms with Crippen molar-refractivity contribution >= 4 is 23.5 Å². The highest BCUT2D eigenvalue weighted by Crippen LogP contribution is 2.18. The number of rotatable bonds is 4. The van der Waals surface area contributed by atoms with Crippen molar-refractivity contribution in [1.82, 2.24) is 15.1 Å². The van der Waals surface area contributed by atoms with Crippen LogP contribution in [-0.4, -0.2) is 33.3 Å². The van der Waals surface area contributed by atoms with Crippen LogP contribution in [0.15, 0.2) is 0 Å². The van der Waals surface area contributed by atoms with Gasteiger partial charge in [-0.15, -0.1) is 0 Å². The smallest absolute Gasteiger partial charge is 0.322 e. The maximum absolute atomic E-state index is 11.3. The van der Waals surface area contributed by atoms with Crippen molar-refractivity contribution < 1.29 is 14.7 Å². The van der Waals surface area contributed by atoms with Crippen LogP contribution in [0.25, 0.3) is 0 Å². The van der Waals surface area contributed by atoms with Gasteiger partial charge in [-0.05, 0) is 13.8 Å². The van der Waals surface area contributed by atoms with E-state index in [1.165, 1.54) is 4.68 Å². The molecule has 1 aromatic heterocycles. The number of carboxylic acid groups (broad SMARTS) is 1. The number of nitrogens with one attached hydrogen (secondary N) is 1. The van der Waals surface area contributed by atoms with Crippen molar-refractivity contribution in [2.24, 2.45) is 0 Å².